The van der Waals surface area contributed by atoms with E-state index < -0.39 is 0 Å². The van der Waals surface area contributed by atoms with Crippen molar-refractivity contribution < 1.29 is 4.79 Å². The Morgan fingerprint density at radius 2 is 2.25 bits per heavy atom. The molecule has 0 unspecified atom stereocenters. The van der Waals surface area contributed by atoms with Gasteiger partial charge in [0.2, 0.25) is 0 Å². The fourth-order valence-electron chi connectivity index (χ4n) is 1.66. The second kappa shape index (κ2) is 7.59. The Morgan fingerprint density at radius 3 is 3.00 bits per heavy atom. The predicted octanol–water partition coefficient (Wildman–Crippen LogP) is 2.33. The lowest BCUT2D eigenvalue weighted by Crippen LogP contribution is -2.26. The summed E-state index contributed by atoms with van der Waals surface area (Å²) in [6, 6.07) is 5.42. The maximum atomic E-state index is 12.0. The van der Waals surface area contributed by atoms with Gasteiger partial charge in [0.05, 0.1) is 5.01 Å². The third-order valence-electron chi connectivity index (χ3n) is 2.65. The number of hydrogen-bond donors (Lipinski definition) is 2. The lowest BCUT2D eigenvalue weighted by Gasteiger charge is -2.07. The van der Waals surface area contributed by atoms with E-state index in [1.807, 2.05) is 17.5 Å². The van der Waals surface area contributed by atoms with Crippen molar-refractivity contribution in [1.29, 1.82) is 0 Å². The molecule has 2 heterocycles. The molecule has 20 heavy (non-hydrogen) atoms. The molecule has 106 valence electrons. The summed E-state index contributed by atoms with van der Waals surface area (Å²) in [6.07, 6.45) is 3.54. The molecule has 0 aliphatic heterocycles. The number of carbonyl (C=O) groups is 1. The lowest BCUT2D eigenvalue weighted by atomic mass is 10.3. The van der Waals surface area contributed by atoms with Gasteiger partial charge in [-0.15, -0.1) is 11.3 Å². The highest BCUT2D eigenvalue weighted by Gasteiger charge is 2.07. The van der Waals surface area contributed by atoms with Crippen molar-refractivity contribution in [2.45, 2.75) is 19.8 Å². The van der Waals surface area contributed by atoms with E-state index >= 15 is 0 Å². The monoisotopic (exact) mass is 290 g/mol. The van der Waals surface area contributed by atoms with E-state index in [0.717, 1.165) is 30.2 Å². The van der Waals surface area contributed by atoms with Crippen LogP contribution in [0.5, 0.6) is 0 Å². The Balaban J connectivity index is 1.85. The van der Waals surface area contributed by atoms with Gasteiger partial charge in [-0.05, 0) is 18.6 Å². The summed E-state index contributed by atoms with van der Waals surface area (Å²) < 4.78 is 0. The maximum Gasteiger partial charge on any atom is 0.269 e. The smallest absolute Gasteiger partial charge is 0.269 e. The molecule has 2 rings (SSSR count). The van der Waals surface area contributed by atoms with E-state index in [1.54, 1.807) is 23.6 Å². The molecule has 0 fully saturated rings. The van der Waals surface area contributed by atoms with E-state index in [4.69, 9.17) is 0 Å². The van der Waals surface area contributed by atoms with Gasteiger partial charge in [-0.1, -0.05) is 13.0 Å². The van der Waals surface area contributed by atoms with E-state index in [9.17, 15) is 4.79 Å². The minimum absolute atomic E-state index is 0.151. The number of nitrogens with one attached hydrogen (secondary N) is 2. The van der Waals surface area contributed by atoms with Gasteiger partial charge in [0, 0.05) is 31.1 Å². The molecule has 2 aromatic rings. The molecule has 1 amide bonds. The van der Waals surface area contributed by atoms with Crippen molar-refractivity contribution in [3.8, 4) is 0 Å². The van der Waals surface area contributed by atoms with Crippen LogP contribution < -0.4 is 10.6 Å². The van der Waals surface area contributed by atoms with Crippen LogP contribution >= 0.6 is 11.3 Å². The first-order valence-corrected chi connectivity index (χ1v) is 7.55. The van der Waals surface area contributed by atoms with E-state index in [0.29, 0.717) is 12.2 Å². The van der Waals surface area contributed by atoms with Crippen LogP contribution in [0.3, 0.4) is 0 Å². The highest BCUT2D eigenvalue weighted by atomic mass is 32.1. The minimum Gasteiger partial charge on any atom is -0.370 e. The average Bonchev–Trinajstić information content (AvgIpc) is 2.98. The molecule has 0 saturated carbocycles. The van der Waals surface area contributed by atoms with Crippen molar-refractivity contribution in [3.05, 3.63) is 40.5 Å². The van der Waals surface area contributed by atoms with E-state index in [1.165, 1.54) is 0 Å². The van der Waals surface area contributed by atoms with Crippen molar-refractivity contribution in [2.75, 3.05) is 18.4 Å². The standard InChI is InChI=1S/C14H18N4OS/c1-2-7-15-12-5-3-4-11(18-12)14(19)17-8-6-13-16-9-10-20-13/h3-5,9-10H,2,6-8H2,1H3,(H,15,18)(H,17,19). The van der Waals surface area contributed by atoms with Crippen LogP contribution in [0.2, 0.25) is 0 Å². The molecule has 0 aliphatic rings. The first kappa shape index (κ1) is 14.5. The topological polar surface area (TPSA) is 66.9 Å². The molecule has 0 spiro atoms. The molecule has 0 bridgehead atoms. The minimum atomic E-state index is -0.151. The van der Waals surface area contributed by atoms with Gasteiger partial charge in [-0.2, -0.15) is 0 Å². The summed E-state index contributed by atoms with van der Waals surface area (Å²) in [5.74, 6) is 0.584. The molecule has 0 aromatic carbocycles. The van der Waals surface area contributed by atoms with Crippen LogP contribution in [-0.2, 0) is 6.42 Å². The summed E-state index contributed by atoms with van der Waals surface area (Å²) in [5, 5.41) is 8.98. The predicted molar refractivity (Wildman–Crippen MR) is 81.2 cm³/mol. The van der Waals surface area contributed by atoms with Crippen LogP contribution in [0.25, 0.3) is 0 Å². The molecule has 0 radical (unpaired) electrons. The van der Waals surface area contributed by atoms with Crippen molar-refractivity contribution in [2.24, 2.45) is 0 Å². The second-order valence-electron chi connectivity index (χ2n) is 4.27. The number of rotatable bonds is 7. The third kappa shape index (κ3) is 4.31. The van der Waals surface area contributed by atoms with E-state index in [2.05, 4.69) is 27.5 Å². The summed E-state index contributed by atoms with van der Waals surface area (Å²) in [6.45, 7) is 3.50. The SMILES string of the molecule is CCCNc1cccc(C(=O)NCCc2nccs2)n1. The van der Waals surface area contributed by atoms with Crippen LogP contribution in [0.4, 0.5) is 5.82 Å². The number of anilines is 1. The maximum absolute atomic E-state index is 12.0. The highest BCUT2D eigenvalue weighted by molar-refractivity contribution is 7.09. The lowest BCUT2D eigenvalue weighted by molar-refractivity contribution is 0.0949. The molecule has 2 N–H and O–H groups in total. The molecule has 5 nitrogen and oxygen atoms in total. The zero-order valence-corrected chi connectivity index (χ0v) is 12.2. The molecule has 2 aromatic heterocycles. The molecular weight excluding hydrogens is 272 g/mol. The number of aromatic nitrogens is 2. The summed E-state index contributed by atoms with van der Waals surface area (Å²) in [7, 11) is 0. The second-order valence-corrected chi connectivity index (χ2v) is 5.25. The van der Waals surface area contributed by atoms with Gasteiger partial charge in [-0.3, -0.25) is 4.79 Å². The fraction of sp³-hybridized carbons (Fsp3) is 0.357. The van der Waals surface area contributed by atoms with Gasteiger partial charge in [0.25, 0.3) is 5.91 Å². The number of amides is 1. The number of thiazole rings is 1. The summed E-state index contributed by atoms with van der Waals surface area (Å²) in [5.41, 5.74) is 0.435. The van der Waals surface area contributed by atoms with Gasteiger partial charge in [0.1, 0.15) is 11.5 Å². The van der Waals surface area contributed by atoms with Crippen LogP contribution in [-0.4, -0.2) is 29.0 Å². The largest absolute Gasteiger partial charge is 0.370 e. The van der Waals surface area contributed by atoms with Gasteiger partial charge in [0.15, 0.2) is 0 Å². The highest BCUT2D eigenvalue weighted by Crippen LogP contribution is 2.06. The Kier molecular flexibility index (Phi) is 5.49. The molecular formula is C14H18N4OS. The Bertz CT molecular complexity index is 542. The Labute approximate surface area is 122 Å². The van der Waals surface area contributed by atoms with Gasteiger partial charge < -0.3 is 10.6 Å². The van der Waals surface area contributed by atoms with Crippen molar-refractivity contribution in [3.63, 3.8) is 0 Å². The summed E-state index contributed by atoms with van der Waals surface area (Å²) in [4.78, 5) is 20.4. The Hall–Kier alpha value is -1.95. The molecule has 0 atom stereocenters. The third-order valence-corrected chi connectivity index (χ3v) is 3.49. The molecule has 0 aliphatic carbocycles. The number of pyridine rings is 1. The molecule has 0 saturated heterocycles. The number of hydrogen-bond acceptors (Lipinski definition) is 5. The van der Waals surface area contributed by atoms with Crippen molar-refractivity contribution >= 4 is 23.1 Å². The summed E-state index contributed by atoms with van der Waals surface area (Å²) >= 11 is 1.59. The molecule has 6 heteroatoms. The van der Waals surface area contributed by atoms with E-state index in [-0.39, 0.29) is 5.91 Å². The Morgan fingerprint density at radius 1 is 1.35 bits per heavy atom. The van der Waals surface area contributed by atoms with Crippen LogP contribution in [0.15, 0.2) is 29.8 Å². The van der Waals surface area contributed by atoms with Crippen molar-refractivity contribution in [1.82, 2.24) is 15.3 Å². The quantitative estimate of drug-likeness (QED) is 0.821. The van der Waals surface area contributed by atoms with Gasteiger partial charge >= 0.3 is 0 Å². The fourth-order valence-corrected chi connectivity index (χ4v) is 2.28. The average molecular weight is 290 g/mol. The normalized spacial score (nSPS) is 10.2. The zero-order chi connectivity index (χ0) is 14.2. The first-order valence-electron chi connectivity index (χ1n) is 6.67. The number of carbonyl (C=O) groups excluding carboxylic acids is 1. The van der Waals surface area contributed by atoms with Gasteiger partial charge in [-0.25, -0.2) is 9.97 Å². The first-order chi connectivity index (χ1) is 9.79. The number of nitrogens with zero attached hydrogens (tertiary/aromatic N) is 2. The van der Waals surface area contributed by atoms with Crippen LogP contribution in [0.1, 0.15) is 28.8 Å². The van der Waals surface area contributed by atoms with Crippen LogP contribution in [0, 0.1) is 0 Å². The zero-order valence-electron chi connectivity index (χ0n) is 11.4.